The van der Waals surface area contributed by atoms with Crippen LogP contribution in [-0.4, -0.2) is 40.8 Å². The van der Waals surface area contributed by atoms with Gasteiger partial charge in [-0.15, -0.1) is 0 Å². The molecule has 37 heavy (non-hydrogen) atoms. The highest BCUT2D eigenvalue weighted by Gasteiger charge is 2.33. The van der Waals surface area contributed by atoms with Gasteiger partial charge in [-0.1, -0.05) is 42.5 Å². The van der Waals surface area contributed by atoms with Crippen LogP contribution in [0.5, 0.6) is 0 Å². The smallest absolute Gasteiger partial charge is 0.340 e. The van der Waals surface area contributed by atoms with E-state index >= 15 is 0 Å². The number of nitro groups is 1. The summed E-state index contributed by atoms with van der Waals surface area (Å²) in [7, 11) is 1.15. The maximum absolute atomic E-state index is 13.3. The Kier molecular flexibility index (Phi) is 6.75. The van der Waals surface area contributed by atoms with Gasteiger partial charge in [-0.3, -0.25) is 19.3 Å². The SMILES string of the molecule is CCOC(=O)c1c(-c2ccccc2[N+](=O)[O-])c(C(=O)OC)c2cc(C(=O)c3ccccc3)c(N)n2c1C. The van der Waals surface area contributed by atoms with Crippen molar-refractivity contribution in [3.05, 3.63) is 98.7 Å². The van der Waals surface area contributed by atoms with Crippen LogP contribution >= 0.6 is 0 Å². The molecule has 0 radical (unpaired) electrons. The van der Waals surface area contributed by atoms with Gasteiger partial charge in [0.25, 0.3) is 5.69 Å². The molecule has 0 aliphatic rings. The first-order valence-electron chi connectivity index (χ1n) is 11.3. The Labute approximate surface area is 211 Å². The topological polar surface area (TPSA) is 143 Å². The van der Waals surface area contributed by atoms with E-state index in [1.807, 2.05) is 0 Å². The Morgan fingerprint density at radius 3 is 2.27 bits per heavy atom. The summed E-state index contributed by atoms with van der Waals surface area (Å²) >= 11 is 0. The highest BCUT2D eigenvalue weighted by Crippen LogP contribution is 2.41. The predicted molar refractivity (Wildman–Crippen MR) is 136 cm³/mol. The number of nitrogens with zero attached hydrogens (tertiary/aromatic N) is 2. The maximum atomic E-state index is 13.3. The number of carbonyl (C=O) groups excluding carboxylic acids is 3. The number of hydrogen-bond acceptors (Lipinski definition) is 8. The van der Waals surface area contributed by atoms with Gasteiger partial charge in [-0.2, -0.15) is 0 Å². The van der Waals surface area contributed by atoms with Gasteiger partial charge in [0.1, 0.15) is 5.82 Å². The molecule has 4 rings (SSSR count). The van der Waals surface area contributed by atoms with E-state index in [1.54, 1.807) is 50.2 Å². The van der Waals surface area contributed by atoms with E-state index in [1.165, 1.54) is 28.7 Å². The van der Waals surface area contributed by atoms with Crippen LogP contribution in [0.15, 0.2) is 60.7 Å². The number of para-hydroxylation sites is 1. The lowest BCUT2D eigenvalue weighted by atomic mass is 9.91. The number of fused-ring (bicyclic) bond motifs is 1. The lowest BCUT2D eigenvalue weighted by Crippen LogP contribution is -2.18. The van der Waals surface area contributed by atoms with E-state index in [0.717, 1.165) is 7.11 Å². The van der Waals surface area contributed by atoms with Crippen LogP contribution < -0.4 is 5.73 Å². The van der Waals surface area contributed by atoms with E-state index in [9.17, 15) is 24.5 Å². The molecule has 0 unspecified atom stereocenters. The molecule has 10 nitrogen and oxygen atoms in total. The van der Waals surface area contributed by atoms with Crippen molar-refractivity contribution in [2.45, 2.75) is 13.8 Å². The van der Waals surface area contributed by atoms with Crippen LogP contribution in [0.1, 0.15) is 49.3 Å². The van der Waals surface area contributed by atoms with Crippen LogP contribution in [0.4, 0.5) is 11.5 Å². The summed E-state index contributed by atoms with van der Waals surface area (Å²) in [5.41, 5.74) is 6.65. The van der Waals surface area contributed by atoms with Crippen LogP contribution in [0.25, 0.3) is 16.6 Å². The zero-order valence-corrected chi connectivity index (χ0v) is 20.3. The summed E-state index contributed by atoms with van der Waals surface area (Å²) in [5, 5.41) is 11.9. The minimum atomic E-state index is -0.875. The number of nitrogens with two attached hydrogens (primary N) is 1. The molecule has 0 aliphatic carbocycles. The second-order valence-electron chi connectivity index (χ2n) is 8.06. The zero-order chi connectivity index (χ0) is 26.9. The zero-order valence-electron chi connectivity index (χ0n) is 20.3. The average Bonchev–Trinajstić information content (AvgIpc) is 3.25. The summed E-state index contributed by atoms with van der Waals surface area (Å²) in [4.78, 5) is 51.1. The Bertz CT molecular complexity index is 1570. The molecule has 0 atom stereocenters. The number of ether oxygens (including phenoxy) is 2. The van der Waals surface area contributed by atoms with Crippen LogP contribution in [0, 0.1) is 17.0 Å². The molecule has 0 saturated carbocycles. The van der Waals surface area contributed by atoms with Crippen molar-refractivity contribution in [3.8, 4) is 11.1 Å². The highest BCUT2D eigenvalue weighted by molar-refractivity contribution is 6.16. The van der Waals surface area contributed by atoms with E-state index < -0.39 is 22.6 Å². The minimum absolute atomic E-state index is 0.00818. The number of rotatable bonds is 7. The van der Waals surface area contributed by atoms with Crippen molar-refractivity contribution >= 4 is 34.7 Å². The Hall–Kier alpha value is -4.99. The molecular formula is C27H23N3O7. The molecule has 0 bridgehead atoms. The molecule has 2 aromatic heterocycles. The van der Waals surface area contributed by atoms with Gasteiger partial charge < -0.3 is 15.2 Å². The van der Waals surface area contributed by atoms with Crippen LogP contribution in [-0.2, 0) is 9.47 Å². The standard InChI is InChI=1S/C27H23N3O7/c1-4-37-27(33)21-15(2)29-20(14-18(25(29)28)24(31)16-10-6-5-7-11-16)23(26(32)36-3)22(21)17-12-8-9-13-19(17)30(34)35/h5-14H,4,28H2,1-3H3. The van der Waals surface area contributed by atoms with Crippen LogP contribution in [0.2, 0.25) is 0 Å². The van der Waals surface area contributed by atoms with Crippen LogP contribution in [0.3, 0.4) is 0 Å². The lowest BCUT2D eigenvalue weighted by molar-refractivity contribution is -0.384. The van der Waals surface area contributed by atoms with Crippen molar-refractivity contribution in [1.82, 2.24) is 4.40 Å². The van der Waals surface area contributed by atoms with Crippen molar-refractivity contribution in [2.24, 2.45) is 0 Å². The van der Waals surface area contributed by atoms with E-state index in [0.29, 0.717) is 5.56 Å². The fourth-order valence-electron chi connectivity index (χ4n) is 4.42. The lowest BCUT2D eigenvalue weighted by Gasteiger charge is -2.19. The third-order valence-electron chi connectivity index (χ3n) is 6.01. The number of esters is 2. The summed E-state index contributed by atoms with van der Waals surface area (Å²) in [6, 6.07) is 15.6. The number of nitrogen functional groups attached to an aromatic ring is 1. The molecule has 0 aliphatic heterocycles. The molecule has 0 fully saturated rings. The fraction of sp³-hybridized carbons (Fsp3) is 0.148. The number of benzene rings is 2. The molecule has 2 aromatic carbocycles. The summed E-state index contributed by atoms with van der Waals surface area (Å²) < 4.78 is 11.7. The number of methoxy groups -OCH3 is 1. The molecule has 0 spiro atoms. The Morgan fingerprint density at radius 2 is 1.65 bits per heavy atom. The van der Waals surface area contributed by atoms with Gasteiger partial charge in [0, 0.05) is 22.9 Å². The number of carbonyl (C=O) groups is 3. The van der Waals surface area contributed by atoms with Gasteiger partial charge in [0.2, 0.25) is 0 Å². The minimum Gasteiger partial charge on any atom is -0.465 e. The fourth-order valence-corrected chi connectivity index (χ4v) is 4.42. The summed E-state index contributed by atoms with van der Waals surface area (Å²) in [5.74, 6) is -2.10. The predicted octanol–water partition coefficient (Wildman–Crippen LogP) is 4.60. The number of ketones is 1. The number of aryl methyl sites for hydroxylation is 1. The van der Waals surface area contributed by atoms with E-state index in [2.05, 4.69) is 0 Å². The molecule has 4 aromatic rings. The molecule has 188 valence electrons. The van der Waals surface area contributed by atoms with Gasteiger partial charge in [-0.25, -0.2) is 9.59 Å². The molecular weight excluding hydrogens is 478 g/mol. The van der Waals surface area contributed by atoms with Gasteiger partial charge >= 0.3 is 11.9 Å². The highest BCUT2D eigenvalue weighted by atomic mass is 16.6. The molecule has 0 amide bonds. The average molecular weight is 501 g/mol. The van der Waals surface area contributed by atoms with Crippen molar-refractivity contribution < 1.29 is 28.8 Å². The summed E-state index contributed by atoms with van der Waals surface area (Å²) in [6.07, 6.45) is 0. The molecule has 10 heteroatoms. The first-order chi connectivity index (χ1) is 17.7. The third kappa shape index (κ3) is 4.18. The first-order valence-corrected chi connectivity index (χ1v) is 11.3. The quantitative estimate of drug-likeness (QED) is 0.167. The number of hydrogen-bond donors (Lipinski definition) is 1. The molecule has 0 saturated heterocycles. The van der Waals surface area contributed by atoms with Crippen molar-refractivity contribution in [2.75, 3.05) is 19.5 Å². The van der Waals surface area contributed by atoms with E-state index in [4.69, 9.17) is 15.2 Å². The first kappa shape index (κ1) is 25.1. The normalized spacial score (nSPS) is 10.8. The van der Waals surface area contributed by atoms with Crippen molar-refractivity contribution in [3.63, 3.8) is 0 Å². The van der Waals surface area contributed by atoms with Crippen molar-refractivity contribution in [1.29, 1.82) is 0 Å². The maximum Gasteiger partial charge on any atom is 0.340 e. The van der Waals surface area contributed by atoms with Gasteiger partial charge in [0.15, 0.2) is 5.78 Å². The second-order valence-corrected chi connectivity index (χ2v) is 8.06. The molecule has 2 heterocycles. The largest absolute Gasteiger partial charge is 0.465 e. The number of nitro benzene ring substituents is 1. The number of aromatic nitrogens is 1. The molecule has 2 N–H and O–H groups in total. The number of pyridine rings is 1. The number of anilines is 1. The summed E-state index contributed by atoms with van der Waals surface area (Å²) in [6.45, 7) is 3.18. The van der Waals surface area contributed by atoms with Gasteiger partial charge in [0.05, 0.1) is 46.4 Å². The van der Waals surface area contributed by atoms with E-state index in [-0.39, 0.29) is 57.1 Å². The third-order valence-corrected chi connectivity index (χ3v) is 6.01. The second kappa shape index (κ2) is 9.94. The monoisotopic (exact) mass is 501 g/mol. The van der Waals surface area contributed by atoms with Gasteiger partial charge in [-0.05, 0) is 26.0 Å². The Balaban J connectivity index is 2.21. The Morgan fingerprint density at radius 1 is 1.00 bits per heavy atom.